The van der Waals surface area contributed by atoms with Crippen LogP contribution in [-0.2, 0) is 0 Å². The monoisotopic (exact) mass is 354 g/mol. The van der Waals surface area contributed by atoms with E-state index in [1.54, 1.807) is 14.2 Å². The van der Waals surface area contributed by atoms with Crippen molar-refractivity contribution in [3.63, 3.8) is 0 Å². The van der Waals surface area contributed by atoms with Gasteiger partial charge in [0.25, 0.3) is 0 Å². The molecule has 0 saturated carbocycles. The van der Waals surface area contributed by atoms with E-state index in [0.717, 1.165) is 32.7 Å². The van der Waals surface area contributed by atoms with E-state index in [1.807, 2.05) is 43.3 Å². The fourth-order valence-corrected chi connectivity index (χ4v) is 2.67. The Hall–Kier alpha value is -1.19. The number of halogens is 2. The number of alkyl halides is 1. The van der Waals surface area contributed by atoms with Gasteiger partial charge in [0.1, 0.15) is 11.5 Å². The molecule has 0 radical (unpaired) electrons. The molecule has 2 aromatic rings. The van der Waals surface area contributed by atoms with Gasteiger partial charge in [0.05, 0.1) is 19.6 Å². The lowest BCUT2D eigenvalue weighted by Crippen LogP contribution is -1.99. The molecule has 0 saturated heterocycles. The number of ether oxygens (including phenoxy) is 2. The van der Waals surface area contributed by atoms with Crippen LogP contribution < -0.4 is 9.47 Å². The van der Waals surface area contributed by atoms with Crippen molar-refractivity contribution in [3.05, 3.63) is 57.6 Å². The molecule has 20 heavy (non-hydrogen) atoms. The fraction of sp³-hybridized carbons (Fsp3) is 0.250. The largest absolute Gasteiger partial charge is 0.497 e. The van der Waals surface area contributed by atoms with Crippen LogP contribution >= 0.6 is 27.5 Å². The average molecular weight is 356 g/mol. The number of rotatable bonds is 4. The summed E-state index contributed by atoms with van der Waals surface area (Å²) in [5.74, 6) is 1.61. The van der Waals surface area contributed by atoms with E-state index in [9.17, 15) is 0 Å². The lowest BCUT2D eigenvalue weighted by Gasteiger charge is -2.16. The summed E-state index contributed by atoms with van der Waals surface area (Å²) < 4.78 is 11.6. The van der Waals surface area contributed by atoms with E-state index in [0.29, 0.717) is 0 Å². The molecule has 0 aliphatic heterocycles. The molecule has 0 N–H and O–H groups in total. The van der Waals surface area contributed by atoms with E-state index in [2.05, 4.69) is 15.9 Å². The van der Waals surface area contributed by atoms with Crippen LogP contribution in [-0.4, -0.2) is 14.2 Å². The molecule has 0 bridgehead atoms. The zero-order chi connectivity index (χ0) is 14.7. The van der Waals surface area contributed by atoms with Crippen LogP contribution in [0.4, 0.5) is 0 Å². The zero-order valence-electron chi connectivity index (χ0n) is 11.6. The zero-order valence-corrected chi connectivity index (χ0v) is 14.0. The number of hydrogen-bond acceptors (Lipinski definition) is 2. The van der Waals surface area contributed by atoms with Crippen molar-refractivity contribution in [3.8, 4) is 11.5 Å². The topological polar surface area (TPSA) is 18.5 Å². The molecule has 0 fully saturated rings. The van der Waals surface area contributed by atoms with Gasteiger partial charge in [-0.05, 0) is 42.3 Å². The van der Waals surface area contributed by atoms with Crippen LogP contribution in [0.2, 0.25) is 0 Å². The predicted molar refractivity (Wildman–Crippen MR) is 86.1 cm³/mol. The van der Waals surface area contributed by atoms with Gasteiger partial charge in [-0.2, -0.15) is 0 Å². The van der Waals surface area contributed by atoms with Crippen LogP contribution in [0, 0.1) is 6.92 Å². The van der Waals surface area contributed by atoms with Gasteiger partial charge < -0.3 is 9.47 Å². The molecule has 4 heteroatoms. The molecule has 2 rings (SSSR count). The second-order valence-corrected chi connectivity index (χ2v) is 5.77. The maximum Gasteiger partial charge on any atom is 0.124 e. The molecular formula is C16H16BrClO2. The highest BCUT2D eigenvalue weighted by Gasteiger charge is 2.17. The SMILES string of the molecule is COc1ccc(C(Cl)c2cc(Br)c(C)cc2OC)cc1. The van der Waals surface area contributed by atoms with Crippen molar-refractivity contribution in [2.75, 3.05) is 14.2 Å². The Labute approximate surface area is 132 Å². The minimum Gasteiger partial charge on any atom is -0.497 e. The number of hydrogen-bond donors (Lipinski definition) is 0. The Morgan fingerprint density at radius 3 is 2.25 bits per heavy atom. The van der Waals surface area contributed by atoms with Crippen molar-refractivity contribution in [1.82, 2.24) is 0 Å². The van der Waals surface area contributed by atoms with E-state index < -0.39 is 0 Å². The molecule has 1 unspecified atom stereocenters. The smallest absolute Gasteiger partial charge is 0.124 e. The molecule has 2 aromatic carbocycles. The van der Waals surface area contributed by atoms with Gasteiger partial charge in [0.15, 0.2) is 0 Å². The first kappa shape index (κ1) is 15.2. The van der Waals surface area contributed by atoms with Crippen molar-refractivity contribution >= 4 is 27.5 Å². The first-order valence-corrected chi connectivity index (χ1v) is 7.41. The summed E-state index contributed by atoms with van der Waals surface area (Å²) in [6.45, 7) is 2.02. The maximum absolute atomic E-state index is 6.59. The molecule has 0 aliphatic carbocycles. The third kappa shape index (κ3) is 3.10. The number of benzene rings is 2. The molecular weight excluding hydrogens is 340 g/mol. The molecule has 0 heterocycles. The van der Waals surface area contributed by atoms with Gasteiger partial charge in [-0.25, -0.2) is 0 Å². The standard InChI is InChI=1S/C16H16BrClO2/c1-10-8-15(20-3)13(9-14(10)17)16(18)11-4-6-12(19-2)7-5-11/h4-9,16H,1-3H3. The third-order valence-electron chi connectivity index (χ3n) is 3.19. The Morgan fingerprint density at radius 2 is 1.70 bits per heavy atom. The molecule has 0 aliphatic rings. The van der Waals surface area contributed by atoms with Crippen molar-refractivity contribution < 1.29 is 9.47 Å². The molecule has 0 amide bonds. The summed E-state index contributed by atoms with van der Waals surface area (Å²) in [5.41, 5.74) is 3.06. The summed E-state index contributed by atoms with van der Waals surface area (Å²) in [6, 6.07) is 11.7. The Bertz CT molecular complexity index is 596. The van der Waals surface area contributed by atoms with Gasteiger partial charge in [-0.15, -0.1) is 11.6 Å². The summed E-state index contributed by atoms with van der Waals surface area (Å²) in [5, 5.41) is -0.271. The van der Waals surface area contributed by atoms with Crippen LogP contribution in [0.25, 0.3) is 0 Å². The van der Waals surface area contributed by atoms with E-state index >= 15 is 0 Å². The first-order valence-electron chi connectivity index (χ1n) is 6.19. The van der Waals surface area contributed by atoms with E-state index in [4.69, 9.17) is 21.1 Å². The van der Waals surface area contributed by atoms with Crippen molar-refractivity contribution in [1.29, 1.82) is 0 Å². The predicted octanol–water partition coefficient (Wildman–Crippen LogP) is 5.10. The van der Waals surface area contributed by atoms with Crippen LogP contribution in [0.3, 0.4) is 0 Å². The summed E-state index contributed by atoms with van der Waals surface area (Å²) in [6.07, 6.45) is 0. The maximum atomic E-state index is 6.59. The summed E-state index contributed by atoms with van der Waals surface area (Å²) >= 11 is 10.1. The number of aryl methyl sites for hydroxylation is 1. The van der Waals surface area contributed by atoms with Gasteiger partial charge in [-0.3, -0.25) is 0 Å². The second-order valence-electron chi connectivity index (χ2n) is 4.48. The number of methoxy groups -OCH3 is 2. The third-order valence-corrected chi connectivity index (χ3v) is 4.53. The minimum absolute atomic E-state index is 0.271. The second kappa shape index (κ2) is 6.51. The van der Waals surface area contributed by atoms with Crippen LogP contribution in [0.15, 0.2) is 40.9 Å². The van der Waals surface area contributed by atoms with E-state index in [-0.39, 0.29) is 5.38 Å². The lowest BCUT2D eigenvalue weighted by molar-refractivity contribution is 0.409. The highest BCUT2D eigenvalue weighted by molar-refractivity contribution is 9.10. The van der Waals surface area contributed by atoms with Crippen LogP contribution in [0.5, 0.6) is 11.5 Å². The summed E-state index contributed by atoms with van der Waals surface area (Å²) in [4.78, 5) is 0. The van der Waals surface area contributed by atoms with Gasteiger partial charge in [-0.1, -0.05) is 28.1 Å². The molecule has 2 nitrogen and oxygen atoms in total. The quantitative estimate of drug-likeness (QED) is 0.710. The van der Waals surface area contributed by atoms with Gasteiger partial charge in [0.2, 0.25) is 0 Å². The summed E-state index contributed by atoms with van der Waals surface area (Å²) in [7, 11) is 3.30. The van der Waals surface area contributed by atoms with Crippen LogP contribution in [0.1, 0.15) is 22.1 Å². The molecule has 0 aromatic heterocycles. The molecule has 1 atom stereocenters. The normalized spacial score (nSPS) is 12.1. The fourth-order valence-electron chi connectivity index (χ4n) is 2.00. The van der Waals surface area contributed by atoms with Crippen molar-refractivity contribution in [2.24, 2.45) is 0 Å². The Balaban J connectivity index is 2.41. The van der Waals surface area contributed by atoms with Gasteiger partial charge >= 0.3 is 0 Å². The average Bonchev–Trinajstić information content (AvgIpc) is 2.49. The van der Waals surface area contributed by atoms with Gasteiger partial charge in [0, 0.05) is 10.0 Å². The van der Waals surface area contributed by atoms with E-state index in [1.165, 1.54) is 0 Å². The highest BCUT2D eigenvalue weighted by atomic mass is 79.9. The highest BCUT2D eigenvalue weighted by Crippen LogP contribution is 2.38. The lowest BCUT2D eigenvalue weighted by atomic mass is 10.0. The molecule has 106 valence electrons. The first-order chi connectivity index (χ1) is 9.56. The van der Waals surface area contributed by atoms with Crippen molar-refractivity contribution in [2.45, 2.75) is 12.3 Å². The Morgan fingerprint density at radius 1 is 1.05 bits per heavy atom. The minimum atomic E-state index is -0.271. The Kier molecular flexibility index (Phi) is 4.95. The molecule has 0 spiro atoms.